The van der Waals surface area contributed by atoms with Crippen LogP contribution in [0.25, 0.3) is 88.4 Å². The smallest absolute Gasteiger partial charge is 0.0991 e. The van der Waals surface area contributed by atoms with Crippen LogP contribution < -0.4 is 0 Å². The average Bonchev–Trinajstić information content (AvgIpc) is 3.74. The molecule has 0 unspecified atom stereocenters. The second-order valence-electron chi connectivity index (χ2n) is 13.3. The highest BCUT2D eigenvalue weighted by atomic mass is 15.0. The van der Waals surface area contributed by atoms with Crippen molar-refractivity contribution in [2.75, 3.05) is 0 Å². The third kappa shape index (κ3) is 4.74. The van der Waals surface area contributed by atoms with Gasteiger partial charge in [-0.3, -0.25) is 0 Å². The highest BCUT2D eigenvalue weighted by molar-refractivity contribution is 6.11. The van der Waals surface area contributed by atoms with E-state index in [4.69, 9.17) is 0 Å². The number of fused-ring (bicyclic) bond motifs is 6. The summed E-state index contributed by atoms with van der Waals surface area (Å²) in [6.45, 7) is 0. The standard InChI is InChI=1S/C49H31N3/c50-32-33-13-12-14-35(27-33)40-17-4-5-18-41(40)37-28-36(29-39(30-37)52-46-22-9-6-19-42(46)43-20-7-10-23-47(43)52)34-25-26-49-45(31-34)44-21-8-11-24-48(44)51(49)38-15-2-1-3-16-38/h1-31H. The number of rotatable bonds is 5. The quantitative estimate of drug-likeness (QED) is 0.181. The Hall–Kier alpha value is -7.15. The first-order chi connectivity index (χ1) is 25.7. The van der Waals surface area contributed by atoms with Crippen molar-refractivity contribution in [3.8, 4) is 50.8 Å². The Morgan fingerprint density at radius 3 is 1.54 bits per heavy atom. The molecule has 2 aromatic heterocycles. The molecule has 0 bridgehead atoms. The van der Waals surface area contributed by atoms with Crippen molar-refractivity contribution in [3.63, 3.8) is 0 Å². The van der Waals surface area contributed by atoms with Crippen LogP contribution in [0, 0.1) is 11.3 Å². The highest BCUT2D eigenvalue weighted by Crippen LogP contribution is 2.41. The molecule has 0 aliphatic rings. The number of hydrogen-bond acceptors (Lipinski definition) is 1. The van der Waals surface area contributed by atoms with Crippen molar-refractivity contribution in [3.05, 3.63) is 194 Å². The van der Waals surface area contributed by atoms with Gasteiger partial charge in [0.2, 0.25) is 0 Å². The summed E-state index contributed by atoms with van der Waals surface area (Å²) in [6.07, 6.45) is 0. The Balaban J connectivity index is 1.25. The first-order valence-electron chi connectivity index (χ1n) is 17.6. The van der Waals surface area contributed by atoms with Crippen LogP contribution in [0.3, 0.4) is 0 Å². The summed E-state index contributed by atoms with van der Waals surface area (Å²) in [7, 11) is 0. The Morgan fingerprint density at radius 1 is 0.327 bits per heavy atom. The minimum Gasteiger partial charge on any atom is -0.309 e. The molecule has 0 aliphatic carbocycles. The van der Waals surface area contributed by atoms with Gasteiger partial charge in [-0.2, -0.15) is 5.26 Å². The second-order valence-corrected chi connectivity index (χ2v) is 13.3. The van der Waals surface area contributed by atoms with Gasteiger partial charge >= 0.3 is 0 Å². The fourth-order valence-electron chi connectivity index (χ4n) is 8.01. The van der Waals surface area contributed by atoms with Crippen molar-refractivity contribution >= 4 is 43.6 Å². The summed E-state index contributed by atoms with van der Waals surface area (Å²) < 4.78 is 4.76. The molecule has 8 aromatic carbocycles. The van der Waals surface area contributed by atoms with Crippen molar-refractivity contribution in [1.29, 1.82) is 5.26 Å². The lowest BCUT2D eigenvalue weighted by atomic mass is 9.91. The monoisotopic (exact) mass is 661 g/mol. The van der Waals surface area contributed by atoms with E-state index in [1.165, 1.54) is 43.6 Å². The summed E-state index contributed by atoms with van der Waals surface area (Å²) in [4.78, 5) is 0. The lowest BCUT2D eigenvalue weighted by molar-refractivity contribution is 1.18. The van der Waals surface area contributed by atoms with Gasteiger partial charge < -0.3 is 9.13 Å². The molecule has 52 heavy (non-hydrogen) atoms. The number of nitriles is 1. The predicted molar refractivity (Wildman–Crippen MR) is 216 cm³/mol. The van der Waals surface area contributed by atoms with E-state index in [9.17, 15) is 5.26 Å². The SMILES string of the molecule is N#Cc1cccc(-c2ccccc2-c2cc(-c3ccc4c(c3)c3ccccc3n4-c3ccccc3)cc(-n3c4ccccc4c4ccccc43)c2)c1. The van der Waals surface area contributed by atoms with E-state index >= 15 is 0 Å². The van der Waals surface area contributed by atoms with E-state index in [-0.39, 0.29) is 0 Å². The Kier molecular flexibility index (Phi) is 6.87. The van der Waals surface area contributed by atoms with Gasteiger partial charge in [0.05, 0.1) is 33.7 Å². The third-order valence-corrected chi connectivity index (χ3v) is 10.3. The molecular weight excluding hydrogens is 631 g/mol. The zero-order valence-electron chi connectivity index (χ0n) is 28.2. The summed E-state index contributed by atoms with van der Waals surface area (Å²) in [6, 6.07) is 69.2. The molecule has 2 heterocycles. The third-order valence-electron chi connectivity index (χ3n) is 10.3. The molecule has 0 saturated carbocycles. The van der Waals surface area contributed by atoms with Gasteiger partial charge in [-0.05, 0) is 106 Å². The van der Waals surface area contributed by atoms with Gasteiger partial charge in [-0.15, -0.1) is 0 Å². The van der Waals surface area contributed by atoms with Crippen LogP contribution in [0.2, 0.25) is 0 Å². The molecule has 0 N–H and O–H groups in total. The first-order valence-corrected chi connectivity index (χ1v) is 17.6. The summed E-state index contributed by atoms with van der Waals surface area (Å²) in [5.74, 6) is 0. The number of benzene rings is 8. The fraction of sp³-hybridized carbons (Fsp3) is 0. The molecule has 10 aromatic rings. The Labute approximate surface area is 301 Å². The van der Waals surface area contributed by atoms with Crippen LogP contribution in [-0.2, 0) is 0 Å². The largest absolute Gasteiger partial charge is 0.309 e. The lowest BCUT2D eigenvalue weighted by Crippen LogP contribution is -1.97. The average molecular weight is 662 g/mol. The summed E-state index contributed by atoms with van der Waals surface area (Å²) in [5, 5.41) is 14.6. The molecule has 3 heteroatoms. The normalized spacial score (nSPS) is 11.4. The molecule has 3 nitrogen and oxygen atoms in total. The van der Waals surface area contributed by atoms with Gasteiger partial charge in [0.25, 0.3) is 0 Å². The van der Waals surface area contributed by atoms with E-state index in [1.54, 1.807) is 0 Å². The minimum atomic E-state index is 0.648. The van der Waals surface area contributed by atoms with Gasteiger partial charge in [0, 0.05) is 32.9 Å². The van der Waals surface area contributed by atoms with E-state index in [0.717, 1.165) is 44.8 Å². The summed E-state index contributed by atoms with van der Waals surface area (Å²) in [5.41, 5.74) is 14.2. The van der Waals surface area contributed by atoms with E-state index in [1.807, 2.05) is 18.2 Å². The van der Waals surface area contributed by atoms with E-state index < -0.39 is 0 Å². The lowest BCUT2D eigenvalue weighted by Gasteiger charge is -2.16. The molecule has 0 radical (unpaired) electrons. The second kappa shape index (κ2) is 12.0. The number of hydrogen-bond donors (Lipinski definition) is 0. The fourth-order valence-corrected chi connectivity index (χ4v) is 8.01. The minimum absolute atomic E-state index is 0.648. The van der Waals surface area contributed by atoms with Crippen LogP contribution in [-0.4, -0.2) is 9.13 Å². The van der Waals surface area contributed by atoms with Crippen molar-refractivity contribution in [2.45, 2.75) is 0 Å². The molecule has 0 saturated heterocycles. The van der Waals surface area contributed by atoms with Gasteiger partial charge in [0.1, 0.15) is 0 Å². The van der Waals surface area contributed by atoms with Crippen LogP contribution in [0.5, 0.6) is 0 Å². The maximum Gasteiger partial charge on any atom is 0.0991 e. The molecule has 0 spiro atoms. The molecule has 242 valence electrons. The van der Waals surface area contributed by atoms with Gasteiger partial charge in [-0.1, -0.05) is 115 Å². The topological polar surface area (TPSA) is 33.6 Å². The van der Waals surface area contributed by atoms with Crippen LogP contribution >= 0.6 is 0 Å². The van der Waals surface area contributed by atoms with Crippen LogP contribution in [0.15, 0.2) is 188 Å². The van der Waals surface area contributed by atoms with Gasteiger partial charge in [-0.25, -0.2) is 0 Å². The number of aromatic nitrogens is 2. The van der Waals surface area contributed by atoms with Crippen LogP contribution in [0.4, 0.5) is 0 Å². The summed E-state index contributed by atoms with van der Waals surface area (Å²) >= 11 is 0. The van der Waals surface area contributed by atoms with Crippen LogP contribution in [0.1, 0.15) is 5.56 Å². The molecule has 0 aliphatic heterocycles. The highest BCUT2D eigenvalue weighted by Gasteiger charge is 2.18. The Morgan fingerprint density at radius 2 is 0.865 bits per heavy atom. The zero-order chi connectivity index (χ0) is 34.6. The molecule has 0 atom stereocenters. The maximum absolute atomic E-state index is 9.73. The number of para-hydroxylation sites is 4. The zero-order valence-corrected chi connectivity index (χ0v) is 28.2. The van der Waals surface area contributed by atoms with E-state index in [2.05, 4.69) is 185 Å². The van der Waals surface area contributed by atoms with E-state index in [0.29, 0.717) is 5.56 Å². The van der Waals surface area contributed by atoms with Crippen molar-refractivity contribution in [2.24, 2.45) is 0 Å². The Bertz CT molecular complexity index is 2970. The number of nitrogens with zero attached hydrogens (tertiary/aromatic N) is 3. The van der Waals surface area contributed by atoms with Crippen molar-refractivity contribution in [1.82, 2.24) is 9.13 Å². The maximum atomic E-state index is 9.73. The molecular formula is C49H31N3. The molecule has 0 fully saturated rings. The van der Waals surface area contributed by atoms with Gasteiger partial charge in [0.15, 0.2) is 0 Å². The first kappa shape index (κ1) is 29.7. The molecule has 0 amide bonds. The van der Waals surface area contributed by atoms with Crippen molar-refractivity contribution < 1.29 is 0 Å². The predicted octanol–water partition coefficient (Wildman–Crippen LogP) is 12.8. The molecule has 10 rings (SSSR count).